The molecule has 0 radical (unpaired) electrons. The Morgan fingerprint density at radius 3 is 2.57 bits per heavy atom. The molecule has 3 aromatic heterocycles. The van der Waals surface area contributed by atoms with Crippen LogP contribution in [0.1, 0.15) is 34.3 Å². The van der Waals surface area contributed by atoms with E-state index in [1.807, 2.05) is 0 Å². The number of hydrogen-bond donors (Lipinski definition) is 0. The summed E-state index contributed by atoms with van der Waals surface area (Å²) >= 11 is 5.95. The quantitative estimate of drug-likeness (QED) is 0.213. The van der Waals surface area contributed by atoms with E-state index in [0.717, 1.165) is 10.8 Å². The number of ketones is 1. The average Bonchev–Trinajstić information content (AvgIpc) is 3.49. The molecule has 0 aliphatic heterocycles. The second-order valence-corrected chi connectivity index (χ2v) is 8.58. The van der Waals surface area contributed by atoms with Gasteiger partial charge in [-0.15, -0.1) is 0 Å². The minimum atomic E-state index is -4.85. The van der Waals surface area contributed by atoms with E-state index in [0.29, 0.717) is 28.5 Å². The third kappa shape index (κ3) is 4.82. The molecule has 0 amide bonds. The van der Waals surface area contributed by atoms with Crippen molar-refractivity contribution in [3.05, 3.63) is 101 Å². The van der Waals surface area contributed by atoms with E-state index in [2.05, 4.69) is 9.97 Å². The topological polar surface area (TPSA) is 70.2 Å². The molecule has 3 heterocycles. The highest BCUT2D eigenvalue weighted by atomic mass is 35.5. The Kier molecular flexibility index (Phi) is 6.47. The van der Waals surface area contributed by atoms with Gasteiger partial charge in [0.25, 0.3) is 0 Å². The number of nitrogens with zero attached hydrogens (tertiary/aromatic N) is 3. The molecule has 0 unspecified atom stereocenters. The number of rotatable bonds is 7. The summed E-state index contributed by atoms with van der Waals surface area (Å²) in [6.07, 6.45) is -0.693. The minimum Gasteiger partial charge on any atom is -0.494 e. The molecule has 2 aromatic carbocycles. The summed E-state index contributed by atoms with van der Waals surface area (Å²) in [6.45, 7) is 1.93. The molecule has 0 aliphatic carbocycles. The number of benzene rings is 2. The van der Waals surface area contributed by atoms with E-state index in [-0.39, 0.29) is 29.1 Å². The summed E-state index contributed by atoms with van der Waals surface area (Å²) in [7, 11) is 0. The van der Waals surface area contributed by atoms with Gasteiger partial charge in [0, 0.05) is 34.9 Å². The Morgan fingerprint density at radius 1 is 1.11 bits per heavy atom. The predicted molar refractivity (Wildman–Crippen MR) is 132 cm³/mol. The van der Waals surface area contributed by atoms with E-state index in [9.17, 15) is 18.0 Å². The van der Waals surface area contributed by atoms with Crippen LogP contribution in [0.4, 0.5) is 13.2 Å². The number of halogens is 4. The molecule has 0 atom stereocenters. The van der Waals surface area contributed by atoms with Crippen molar-refractivity contribution in [1.29, 1.82) is 0 Å². The number of carbonyl (C=O) groups excluding carboxylic acids is 1. The highest BCUT2D eigenvalue weighted by Gasteiger charge is 2.42. The molecular weight excluding hydrogens is 507 g/mol. The largest absolute Gasteiger partial charge is 0.494 e. The molecule has 6 nitrogen and oxygen atoms in total. The van der Waals surface area contributed by atoms with Crippen LogP contribution in [0.3, 0.4) is 0 Å². The predicted octanol–water partition coefficient (Wildman–Crippen LogP) is 7.04. The van der Waals surface area contributed by atoms with E-state index < -0.39 is 23.2 Å². The van der Waals surface area contributed by atoms with Gasteiger partial charge in [0.05, 0.1) is 23.9 Å². The van der Waals surface area contributed by atoms with Crippen LogP contribution in [-0.4, -0.2) is 26.9 Å². The molecule has 10 heteroatoms. The van der Waals surface area contributed by atoms with Crippen molar-refractivity contribution >= 4 is 28.3 Å². The highest BCUT2D eigenvalue weighted by Crippen LogP contribution is 2.41. The van der Waals surface area contributed by atoms with Crippen molar-refractivity contribution in [2.75, 3.05) is 6.61 Å². The highest BCUT2D eigenvalue weighted by molar-refractivity contribution is 6.30. The SMILES string of the molecule is CCOc1ccc2c(c1)c(C(=O)c1cnc(-c3cccnc3)o1)c(C(F)(F)F)n2Cc1ccc(Cl)cc1. The van der Waals surface area contributed by atoms with Crippen molar-refractivity contribution < 1.29 is 27.1 Å². The normalized spacial score (nSPS) is 11.7. The number of carbonyl (C=O) groups is 1. The van der Waals surface area contributed by atoms with E-state index in [4.69, 9.17) is 20.8 Å². The third-order valence-electron chi connectivity index (χ3n) is 5.73. The van der Waals surface area contributed by atoms with E-state index in [1.54, 1.807) is 55.6 Å². The van der Waals surface area contributed by atoms with Crippen molar-refractivity contribution in [1.82, 2.24) is 14.5 Å². The summed E-state index contributed by atoms with van der Waals surface area (Å²) < 4.78 is 56.1. The molecule has 0 bridgehead atoms. The number of fused-ring (bicyclic) bond motifs is 1. The van der Waals surface area contributed by atoms with Crippen LogP contribution in [0.2, 0.25) is 5.02 Å². The molecule has 0 aliphatic rings. The molecule has 0 saturated carbocycles. The molecule has 0 N–H and O–H groups in total. The Labute approximate surface area is 214 Å². The Morgan fingerprint density at radius 2 is 1.89 bits per heavy atom. The summed E-state index contributed by atoms with van der Waals surface area (Å²) in [4.78, 5) is 21.7. The van der Waals surface area contributed by atoms with Gasteiger partial charge in [-0.05, 0) is 55.0 Å². The summed E-state index contributed by atoms with van der Waals surface area (Å²) in [5.74, 6) is -0.847. The van der Waals surface area contributed by atoms with Crippen LogP contribution >= 0.6 is 11.6 Å². The number of hydrogen-bond acceptors (Lipinski definition) is 5. The fraction of sp³-hybridized carbons (Fsp3) is 0.148. The van der Waals surface area contributed by atoms with Crippen LogP contribution in [0.25, 0.3) is 22.4 Å². The first-order valence-corrected chi connectivity index (χ1v) is 11.7. The fourth-order valence-corrected chi connectivity index (χ4v) is 4.30. The van der Waals surface area contributed by atoms with Crippen LogP contribution in [-0.2, 0) is 12.7 Å². The first-order valence-electron chi connectivity index (χ1n) is 11.3. The van der Waals surface area contributed by atoms with Crippen LogP contribution in [0, 0.1) is 0 Å². The second kappa shape index (κ2) is 9.74. The smallest absolute Gasteiger partial charge is 0.432 e. The third-order valence-corrected chi connectivity index (χ3v) is 5.99. The summed E-state index contributed by atoms with van der Waals surface area (Å²) in [5, 5.41) is 0.556. The van der Waals surface area contributed by atoms with Crippen molar-refractivity contribution in [2.45, 2.75) is 19.6 Å². The summed E-state index contributed by atoms with van der Waals surface area (Å²) in [6, 6.07) is 14.3. The van der Waals surface area contributed by atoms with Gasteiger partial charge in [0.1, 0.15) is 11.4 Å². The number of pyridine rings is 1. The van der Waals surface area contributed by atoms with Crippen molar-refractivity contribution in [3.8, 4) is 17.2 Å². The first-order chi connectivity index (χ1) is 17.8. The maximum absolute atomic E-state index is 14.6. The number of oxazole rings is 1. The molecule has 5 aromatic rings. The molecule has 188 valence electrons. The fourth-order valence-electron chi connectivity index (χ4n) is 4.18. The minimum absolute atomic E-state index is 0.0740. The van der Waals surface area contributed by atoms with Gasteiger partial charge >= 0.3 is 6.18 Å². The van der Waals surface area contributed by atoms with Gasteiger partial charge in [0.15, 0.2) is 5.76 Å². The maximum Gasteiger partial charge on any atom is 0.432 e. The Balaban J connectivity index is 1.71. The Bertz CT molecular complexity index is 1580. The zero-order chi connectivity index (χ0) is 26.2. The van der Waals surface area contributed by atoms with Gasteiger partial charge in [-0.1, -0.05) is 23.7 Å². The van der Waals surface area contributed by atoms with Crippen LogP contribution in [0.15, 0.2) is 77.6 Å². The number of ether oxygens (including phenoxy) is 1. The molecule has 0 spiro atoms. The number of aromatic nitrogens is 3. The van der Waals surface area contributed by atoms with E-state index >= 15 is 0 Å². The monoisotopic (exact) mass is 525 g/mol. The molecule has 5 rings (SSSR count). The molecule has 0 saturated heterocycles. The lowest BCUT2D eigenvalue weighted by Gasteiger charge is -2.15. The lowest BCUT2D eigenvalue weighted by molar-refractivity contribution is -0.143. The zero-order valence-corrected chi connectivity index (χ0v) is 20.2. The molecular formula is C27H19ClF3N3O3. The van der Waals surface area contributed by atoms with Crippen molar-refractivity contribution in [2.24, 2.45) is 0 Å². The second-order valence-electron chi connectivity index (χ2n) is 8.15. The zero-order valence-electron chi connectivity index (χ0n) is 19.4. The van der Waals surface area contributed by atoms with Gasteiger partial charge < -0.3 is 13.7 Å². The van der Waals surface area contributed by atoms with Crippen molar-refractivity contribution in [3.63, 3.8) is 0 Å². The van der Waals surface area contributed by atoms with Crippen LogP contribution < -0.4 is 4.74 Å². The van der Waals surface area contributed by atoms with E-state index in [1.165, 1.54) is 18.3 Å². The standard InChI is InChI=1S/C27H19ClF3N3O3/c1-2-36-19-9-10-21-20(12-19)23(24(35)22-14-33-26(37-22)17-4-3-11-32-13-17)25(27(29,30)31)34(21)15-16-5-7-18(28)8-6-16/h3-14H,2,15H2,1H3. The first kappa shape index (κ1) is 24.6. The lowest BCUT2D eigenvalue weighted by Crippen LogP contribution is -2.18. The van der Waals surface area contributed by atoms with Gasteiger partial charge in [-0.25, -0.2) is 4.98 Å². The Hall–Kier alpha value is -4.11. The lowest BCUT2D eigenvalue weighted by atomic mass is 10.0. The molecule has 0 fully saturated rings. The van der Waals surface area contributed by atoms with Crippen LogP contribution in [0.5, 0.6) is 5.75 Å². The van der Waals surface area contributed by atoms with Gasteiger partial charge in [-0.3, -0.25) is 9.78 Å². The maximum atomic E-state index is 14.6. The van der Waals surface area contributed by atoms with Gasteiger partial charge in [-0.2, -0.15) is 13.2 Å². The molecule has 37 heavy (non-hydrogen) atoms. The average molecular weight is 526 g/mol. The summed E-state index contributed by atoms with van der Waals surface area (Å²) in [5.41, 5.74) is -0.331. The van der Waals surface area contributed by atoms with Gasteiger partial charge in [0.2, 0.25) is 11.7 Å². The number of alkyl halides is 3.